The van der Waals surface area contributed by atoms with Crippen LogP contribution in [0.5, 0.6) is 0 Å². The van der Waals surface area contributed by atoms with Crippen LogP contribution in [0.3, 0.4) is 0 Å². The fourth-order valence-electron chi connectivity index (χ4n) is 2.70. The van der Waals surface area contributed by atoms with Crippen molar-refractivity contribution in [3.05, 3.63) is 35.9 Å². The van der Waals surface area contributed by atoms with Crippen LogP contribution in [-0.2, 0) is 4.79 Å². The minimum Gasteiger partial charge on any atom is -0.352 e. The van der Waals surface area contributed by atoms with E-state index >= 15 is 0 Å². The quantitative estimate of drug-likeness (QED) is 0.926. The number of hydrogen-bond acceptors (Lipinski definition) is 3. The Labute approximate surface area is 124 Å². The molecule has 0 aliphatic heterocycles. The second-order valence-electron chi connectivity index (χ2n) is 5.20. The average molecular weight is 288 g/mol. The lowest BCUT2D eigenvalue weighted by Gasteiger charge is -2.29. The van der Waals surface area contributed by atoms with E-state index in [1.54, 1.807) is 0 Å². The standard InChI is InChI=1S/C16H20N2OS/c1-20-14-9-5-8-13(10-14)18-16(19)15(11-17)12-6-3-2-4-7-12/h2-4,6-7,13-15H,5,8-10H2,1H3,(H,18,19). The topological polar surface area (TPSA) is 52.9 Å². The molecule has 0 radical (unpaired) electrons. The van der Waals surface area contributed by atoms with Crippen LogP contribution in [0, 0.1) is 11.3 Å². The molecule has 0 spiro atoms. The first-order chi connectivity index (χ1) is 9.74. The Hall–Kier alpha value is -1.47. The van der Waals surface area contributed by atoms with Crippen molar-refractivity contribution in [2.24, 2.45) is 0 Å². The molecule has 0 heterocycles. The molecule has 3 atom stereocenters. The molecule has 0 saturated heterocycles. The lowest BCUT2D eigenvalue weighted by atomic mass is 9.93. The molecule has 3 unspecified atom stereocenters. The van der Waals surface area contributed by atoms with Crippen molar-refractivity contribution in [1.29, 1.82) is 5.26 Å². The summed E-state index contributed by atoms with van der Waals surface area (Å²) in [5.41, 5.74) is 0.768. The van der Waals surface area contributed by atoms with Gasteiger partial charge in [0.25, 0.3) is 0 Å². The molecule has 2 rings (SSSR count). The Morgan fingerprint density at radius 3 is 2.80 bits per heavy atom. The van der Waals surface area contributed by atoms with E-state index in [9.17, 15) is 10.1 Å². The highest BCUT2D eigenvalue weighted by Gasteiger charge is 2.26. The largest absolute Gasteiger partial charge is 0.352 e. The van der Waals surface area contributed by atoms with Crippen molar-refractivity contribution in [1.82, 2.24) is 5.32 Å². The molecule has 3 nitrogen and oxygen atoms in total. The third-order valence-corrected chi connectivity index (χ3v) is 4.92. The summed E-state index contributed by atoms with van der Waals surface area (Å²) < 4.78 is 0. The molecule has 1 N–H and O–H groups in total. The molecule has 1 aromatic rings. The summed E-state index contributed by atoms with van der Waals surface area (Å²) in [5.74, 6) is -0.865. The summed E-state index contributed by atoms with van der Waals surface area (Å²) in [6.07, 6.45) is 6.54. The molecule has 1 aromatic carbocycles. The number of benzene rings is 1. The minimum atomic E-state index is -0.703. The summed E-state index contributed by atoms with van der Waals surface area (Å²) in [4.78, 5) is 12.3. The molecule has 0 aromatic heterocycles. The molecule has 0 bridgehead atoms. The zero-order valence-electron chi connectivity index (χ0n) is 11.7. The summed E-state index contributed by atoms with van der Waals surface area (Å²) in [5, 5.41) is 13.0. The molecule has 20 heavy (non-hydrogen) atoms. The Morgan fingerprint density at radius 2 is 2.15 bits per heavy atom. The van der Waals surface area contributed by atoms with E-state index in [-0.39, 0.29) is 11.9 Å². The Kier molecular flexibility index (Phi) is 5.49. The van der Waals surface area contributed by atoms with Crippen molar-refractivity contribution in [3.63, 3.8) is 0 Å². The average Bonchev–Trinajstić information content (AvgIpc) is 2.49. The SMILES string of the molecule is CSC1CCCC(NC(=O)C(C#N)c2ccccc2)C1. The lowest BCUT2D eigenvalue weighted by Crippen LogP contribution is -2.41. The van der Waals surface area contributed by atoms with E-state index in [2.05, 4.69) is 17.6 Å². The van der Waals surface area contributed by atoms with Gasteiger partial charge in [0.15, 0.2) is 0 Å². The number of carbonyl (C=O) groups excluding carboxylic acids is 1. The van der Waals surface area contributed by atoms with Crippen LogP contribution >= 0.6 is 11.8 Å². The molecule has 1 saturated carbocycles. The zero-order valence-corrected chi connectivity index (χ0v) is 12.5. The molecular weight excluding hydrogens is 268 g/mol. The summed E-state index contributed by atoms with van der Waals surface area (Å²) in [7, 11) is 0. The third kappa shape index (κ3) is 3.77. The Bertz CT molecular complexity index is 483. The number of nitriles is 1. The number of nitrogens with one attached hydrogen (secondary N) is 1. The van der Waals surface area contributed by atoms with E-state index in [1.807, 2.05) is 42.1 Å². The second-order valence-corrected chi connectivity index (χ2v) is 6.34. The third-order valence-electron chi connectivity index (χ3n) is 3.83. The summed E-state index contributed by atoms with van der Waals surface area (Å²) in [6, 6.07) is 11.6. The van der Waals surface area contributed by atoms with Crippen molar-refractivity contribution in [2.75, 3.05) is 6.26 Å². The van der Waals surface area contributed by atoms with Crippen LogP contribution < -0.4 is 5.32 Å². The Balaban J connectivity index is 1.98. The number of thioether (sulfide) groups is 1. The van der Waals surface area contributed by atoms with Gasteiger partial charge in [-0.05, 0) is 31.1 Å². The highest BCUT2D eigenvalue weighted by Crippen LogP contribution is 2.27. The summed E-state index contributed by atoms with van der Waals surface area (Å²) >= 11 is 1.87. The maximum absolute atomic E-state index is 12.3. The smallest absolute Gasteiger partial charge is 0.242 e. The number of amides is 1. The van der Waals surface area contributed by atoms with E-state index in [0.717, 1.165) is 24.8 Å². The number of rotatable bonds is 4. The predicted molar refractivity (Wildman–Crippen MR) is 82.5 cm³/mol. The maximum Gasteiger partial charge on any atom is 0.242 e. The Morgan fingerprint density at radius 1 is 1.40 bits per heavy atom. The first kappa shape index (κ1) is 14.9. The first-order valence-electron chi connectivity index (χ1n) is 7.02. The molecular formula is C16H20N2OS. The highest BCUT2D eigenvalue weighted by molar-refractivity contribution is 7.99. The van der Waals surface area contributed by atoms with Crippen molar-refractivity contribution in [2.45, 2.75) is 42.9 Å². The fourth-order valence-corrected chi connectivity index (χ4v) is 3.53. The summed E-state index contributed by atoms with van der Waals surface area (Å²) in [6.45, 7) is 0. The molecule has 1 aliphatic carbocycles. The van der Waals surface area contributed by atoms with E-state index in [4.69, 9.17) is 0 Å². The molecule has 1 aliphatic rings. The zero-order chi connectivity index (χ0) is 14.4. The highest BCUT2D eigenvalue weighted by atomic mass is 32.2. The van der Waals surface area contributed by atoms with Gasteiger partial charge < -0.3 is 5.32 Å². The van der Waals surface area contributed by atoms with Crippen LogP contribution in [-0.4, -0.2) is 23.5 Å². The lowest BCUT2D eigenvalue weighted by molar-refractivity contribution is -0.122. The normalized spacial score (nSPS) is 23.6. The maximum atomic E-state index is 12.3. The van der Waals surface area contributed by atoms with Crippen LogP contribution in [0.2, 0.25) is 0 Å². The van der Waals surface area contributed by atoms with Gasteiger partial charge in [-0.1, -0.05) is 36.8 Å². The van der Waals surface area contributed by atoms with Gasteiger partial charge in [0.2, 0.25) is 5.91 Å². The van der Waals surface area contributed by atoms with Gasteiger partial charge >= 0.3 is 0 Å². The number of hydrogen-bond donors (Lipinski definition) is 1. The molecule has 106 valence electrons. The molecule has 1 amide bonds. The van der Waals surface area contributed by atoms with Crippen LogP contribution in [0.4, 0.5) is 0 Å². The first-order valence-corrected chi connectivity index (χ1v) is 8.31. The van der Waals surface area contributed by atoms with Crippen molar-refractivity contribution < 1.29 is 4.79 Å². The van der Waals surface area contributed by atoms with Gasteiger partial charge in [0, 0.05) is 11.3 Å². The van der Waals surface area contributed by atoms with Gasteiger partial charge in [0.1, 0.15) is 5.92 Å². The van der Waals surface area contributed by atoms with Crippen LogP contribution in [0.25, 0.3) is 0 Å². The van der Waals surface area contributed by atoms with Gasteiger partial charge in [-0.3, -0.25) is 4.79 Å². The van der Waals surface area contributed by atoms with Gasteiger partial charge in [-0.25, -0.2) is 0 Å². The van der Waals surface area contributed by atoms with Gasteiger partial charge in [0.05, 0.1) is 6.07 Å². The second kappa shape index (κ2) is 7.35. The monoisotopic (exact) mass is 288 g/mol. The fraction of sp³-hybridized carbons (Fsp3) is 0.500. The predicted octanol–water partition coefficient (Wildman–Crippen LogP) is 3.08. The van der Waals surface area contributed by atoms with E-state index in [1.165, 1.54) is 6.42 Å². The number of carbonyl (C=O) groups is 1. The molecule has 4 heteroatoms. The van der Waals surface area contributed by atoms with Gasteiger partial charge in [-0.2, -0.15) is 17.0 Å². The van der Waals surface area contributed by atoms with E-state index < -0.39 is 5.92 Å². The number of nitrogens with zero attached hydrogens (tertiary/aromatic N) is 1. The van der Waals surface area contributed by atoms with Crippen molar-refractivity contribution >= 4 is 17.7 Å². The van der Waals surface area contributed by atoms with Crippen molar-refractivity contribution in [3.8, 4) is 6.07 Å². The van der Waals surface area contributed by atoms with E-state index in [0.29, 0.717) is 5.25 Å². The minimum absolute atomic E-state index is 0.162. The van der Waals surface area contributed by atoms with Crippen LogP contribution in [0.15, 0.2) is 30.3 Å². The van der Waals surface area contributed by atoms with Crippen LogP contribution in [0.1, 0.15) is 37.2 Å². The molecule has 1 fully saturated rings. The van der Waals surface area contributed by atoms with Gasteiger partial charge in [-0.15, -0.1) is 0 Å².